The molecule has 2 aromatic carbocycles. The number of hydrogen-bond donors (Lipinski definition) is 1. The fourth-order valence-electron chi connectivity index (χ4n) is 5.02. The number of amides is 2. The zero-order valence-electron chi connectivity index (χ0n) is 19.7. The van der Waals surface area contributed by atoms with Crippen molar-refractivity contribution in [2.45, 2.75) is 32.4 Å². The van der Waals surface area contributed by atoms with E-state index in [2.05, 4.69) is 31.0 Å². The molecule has 0 aromatic heterocycles. The molecule has 2 amide bonds. The first-order valence-electron chi connectivity index (χ1n) is 11.6. The molecule has 2 aromatic rings. The van der Waals surface area contributed by atoms with Gasteiger partial charge in [0.15, 0.2) is 5.17 Å². The van der Waals surface area contributed by atoms with Crippen LogP contribution in [0.3, 0.4) is 0 Å². The van der Waals surface area contributed by atoms with Crippen LogP contribution in [0.5, 0.6) is 0 Å². The Balaban J connectivity index is 1.62. The van der Waals surface area contributed by atoms with Crippen molar-refractivity contribution in [3.05, 3.63) is 80.3 Å². The third-order valence-corrected chi connectivity index (χ3v) is 8.25. The van der Waals surface area contributed by atoms with Gasteiger partial charge in [-0.2, -0.15) is 0 Å². The largest absolute Gasteiger partial charge is 0.353 e. The van der Waals surface area contributed by atoms with Gasteiger partial charge in [0, 0.05) is 28.8 Å². The third kappa shape index (κ3) is 4.24. The molecule has 0 saturated carbocycles. The first kappa shape index (κ1) is 24.2. The summed E-state index contributed by atoms with van der Waals surface area (Å²) in [6.07, 6.45) is 0. The van der Waals surface area contributed by atoms with Gasteiger partial charge in [-0.05, 0) is 60.0 Å². The Labute approximate surface area is 219 Å². The Morgan fingerprint density at radius 1 is 1.11 bits per heavy atom. The molecular weight excluding hydrogens is 503 g/mol. The summed E-state index contributed by atoms with van der Waals surface area (Å²) in [7, 11) is 0. The number of nitrogens with zero attached hydrogens (tertiary/aromatic N) is 3. The molecule has 6 nitrogen and oxygen atoms in total. The van der Waals surface area contributed by atoms with Crippen LogP contribution in [-0.4, -0.2) is 46.4 Å². The number of allylic oxidation sites excluding steroid dienone is 1. The van der Waals surface area contributed by atoms with Gasteiger partial charge in [0.1, 0.15) is 10.4 Å². The van der Waals surface area contributed by atoms with E-state index in [1.165, 1.54) is 11.8 Å². The standard InChI is InChI=1S/C26H26Cl2N4O2S/c1-15(2)21-22(24(34)31-13-12-29-20(33)14-31)35-25-30-26(3,17-6-10-19(28)11-7-17)23(32(21)25)16-4-8-18(27)9-5-16/h4-11,15,23H,12-14H2,1-3H3,(H,29,33)/t23-,26+/m0/s1. The lowest BCUT2D eigenvalue weighted by Crippen LogP contribution is -2.50. The van der Waals surface area contributed by atoms with Gasteiger partial charge in [0.2, 0.25) is 5.91 Å². The molecule has 182 valence electrons. The lowest BCUT2D eigenvalue weighted by molar-refractivity contribution is -0.135. The molecule has 3 heterocycles. The minimum atomic E-state index is -0.611. The van der Waals surface area contributed by atoms with Gasteiger partial charge < -0.3 is 15.1 Å². The van der Waals surface area contributed by atoms with Crippen LogP contribution in [0.4, 0.5) is 0 Å². The molecule has 1 saturated heterocycles. The van der Waals surface area contributed by atoms with Gasteiger partial charge in [0.25, 0.3) is 5.91 Å². The van der Waals surface area contributed by atoms with Crippen LogP contribution in [-0.2, 0) is 15.1 Å². The Morgan fingerprint density at radius 3 is 2.34 bits per heavy atom. The lowest BCUT2D eigenvalue weighted by atomic mass is 9.81. The highest BCUT2D eigenvalue weighted by atomic mass is 35.5. The molecule has 3 aliphatic heterocycles. The summed E-state index contributed by atoms with van der Waals surface area (Å²) in [6.45, 7) is 7.33. The molecule has 9 heteroatoms. The Kier molecular flexibility index (Phi) is 6.36. The second kappa shape index (κ2) is 9.19. The second-order valence-corrected chi connectivity index (χ2v) is 11.3. The maximum Gasteiger partial charge on any atom is 0.263 e. The molecule has 3 aliphatic rings. The average Bonchev–Trinajstić information content (AvgIpc) is 3.32. The van der Waals surface area contributed by atoms with E-state index in [0.29, 0.717) is 28.0 Å². The molecule has 0 aliphatic carbocycles. The van der Waals surface area contributed by atoms with Crippen molar-refractivity contribution in [2.75, 3.05) is 19.6 Å². The highest BCUT2D eigenvalue weighted by Gasteiger charge is 2.53. The summed E-state index contributed by atoms with van der Waals surface area (Å²) < 4.78 is 0. The Bertz CT molecular complexity index is 1240. The molecule has 0 radical (unpaired) electrons. The van der Waals surface area contributed by atoms with Crippen LogP contribution in [0.2, 0.25) is 10.0 Å². The molecule has 1 N–H and O–H groups in total. The minimum Gasteiger partial charge on any atom is -0.353 e. The topological polar surface area (TPSA) is 65.0 Å². The van der Waals surface area contributed by atoms with Crippen molar-refractivity contribution in [2.24, 2.45) is 10.9 Å². The van der Waals surface area contributed by atoms with Gasteiger partial charge in [-0.15, -0.1) is 0 Å². The van der Waals surface area contributed by atoms with E-state index in [0.717, 1.165) is 22.0 Å². The number of hydrogen-bond acceptors (Lipinski definition) is 5. The van der Waals surface area contributed by atoms with Crippen molar-refractivity contribution in [3.8, 4) is 0 Å². The summed E-state index contributed by atoms with van der Waals surface area (Å²) >= 11 is 13.8. The number of benzene rings is 2. The molecule has 0 unspecified atom stereocenters. The summed E-state index contributed by atoms with van der Waals surface area (Å²) in [5.41, 5.74) is 2.41. The summed E-state index contributed by atoms with van der Waals surface area (Å²) in [6, 6.07) is 15.4. The quantitative estimate of drug-likeness (QED) is 0.592. The third-order valence-electron chi connectivity index (χ3n) is 6.69. The van der Waals surface area contributed by atoms with Gasteiger partial charge in [-0.3, -0.25) is 9.59 Å². The van der Waals surface area contributed by atoms with Crippen molar-refractivity contribution < 1.29 is 9.59 Å². The van der Waals surface area contributed by atoms with Crippen LogP contribution >= 0.6 is 35.0 Å². The lowest BCUT2D eigenvalue weighted by Gasteiger charge is -2.37. The van der Waals surface area contributed by atoms with E-state index >= 15 is 0 Å². The average molecular weight is 529 g/mol. The summed E-state index contributed by atoms with van der Waals surface area (Å²) in [5.74, 6) is -0.185. The van der Waals surface area contributed by atoms with E-state index < -0.39 is 5.54 Å². The van der Waals surface area contributed by atoms with Gasteiger partial charge in [-0.25, -0.2) is 4.99 Å². The SMILES string of the molecule is CC(C)C1=C(C(=O)N2CCNC(=O)C2)SC2=N[C@](C)(c3ccc(Cl)cc3)[C@H](c3ccc(Cl)cc3)N21. The second-order valence-electron chi connectivity index (χ2n) is 9.42. The van der Waals surface area contributed by atoms with E-state index in [1.807, 2.05) is 48.5 Å². The molecule has 35 heavy (non-hydrogen) atoms. The fourth-order valence-corrected chi connectivity index (χ4v) is 6.65. The first-order chi connectivity index (χ1) is 16.7. The van der Waals surface area contributed by atoms with Crippen LogP contribution in [0.1, 0.15) is 37.9 Å². The highest BCUT2D eigenvalue weighted by molar-refractivity contribution is 8.18. The number of amidine groups is 1. The maximum absolute atomic E-state index is 13.6. The monoisotopic (exact) mass is 528 g/mol. The number of carbonyl (C=O) groups excluding carboxylic acids is 2. The number of thioether (sulfide) groups is 1. The van der Waals surface area contributed by atoms with Crippen LogP contribution in [0.15, 0.2) is 64.1 Å². The number of nitrogens with one attached hydrogen (secondary N) is 1. The molecule has 0 spiro atoms. The van der Waals surface area contributed by atoms with Crippen LogP contribution in [0.25, 0.3) is 0 Å². The van der Waals surface area contributed by atoms with Crippen LogP contribution < -0.4 is 5.32 Å². The number of aliphatic imine (C=N–C) groups is 1. The van der Waals surface area contributed by atoms with E-state index in [-0.39, 0.29) is 30.3 Å². The number of fused-ring (bicyclic) bond motifs is 1. The van der Waals surface area contributed by atoms with Gasteiger partial charge >= 0.3 is 0 Å². The van der Waals surface area contributed by atoms with Crippen LogP contribution in [0, 0.1) is 5.92 Å². The van der Waals surface area contributed by atoms with E-state index in [1.54, 1.807) is 4.90 Å². The molecule has 2 atom stereocenters. The zero-order chi connectivity index (χ0) is 24.9. The normalized spacial score (nSPS) is 24.1. The zero-order valence-corrected chi connectivity index (χ0v) is 22.0. The minimum absolute atomic E-state index is 0.0649. The number of halogens is 2. The van der Waals surface area contributed by atoms with Crippen molar-refractivity contribution in [1.29, 1.82) is 0 Å². The van der Waals surface area contributed by atoms with Gasteiger partial charge in [0.05, 0.1) is 12.6 Å². The smallest absolute Gasteiger partial charge is 0.263 e. The number of piperazine rings is 1. The number of rotatable bonds is 4. The van der Waals surface area contributed by atoms with Crippen molar-refractivity contribution in [1.82, 2.24) is 15.1 Å². The van der Waals surface area contributed by atoms with E-state index in [9.17, 15) is 9.59 Å². The number of carbonyl (C=O) groups is 2. The van der Waals surface area contributed by atoms with Gasteiger partial charge in [-0.1, -0.05) is 61.3 Å². The predicted molar refractivity (Wildman–Crippen MR) is 141 cm³/mol. The molecule has 0 bridgehead atoms. The van der Waals surface area contributed by atoms with Crippen molar-refractivity contribution in [3.63, 3.8) is 0 Å². The van der Waals surface area contributed by atoms with Crippen molar-refractivity contribution >= 4 is 51.9 Å². The predicted octanol–water partition coefficient (Wildman–Crippen LogP) is 5.19. The molecule has 1 fully saturated rings. The maximum atomic E-state index is 13.6. The van der Waals surface area contributed by atoms with E-state index in [4.69, 9.17) is 28.2 Å². The first-order valence-corrected chi connectivity index (χ1v) is 13.1. The highest BCUT2D eigenvalue weighted by Crippen LogP contribution is 2.56. The Morgan fingerprint density at radius 2 is 1.74 bits per heavy atom. The fraction of sp³-hybridized carbons (Fsp3) is 0.346. The summed E-state index contributed by atoms with van der Waals surface area (Å²) in [5, 5.41) is 4.91. The Hall–Kier alpha value is -2.48. The summed E-state index contributed by atoms with van der Waals surface area (Å²) in [4.78, 5) is 35.3. The molecule has 5 rings (SSSR count). The molecular formula is C26H26Cl2N4O2S.